The number of anilines is 2. The highest BCUT2D eigenvalue weighted by Gasteiger charge is 2.41. The average Bonchev–Trinajstić information content (AvgIpc) is 3.21. The minimum atomic E-state index is -0.0344. The summed E-state index contributed by atoms with van der Waals surface area (Å²) in [6.07, 6.45) is 30.9. The van der Waals surface area contributed by atoms with E-state index in [1.54, 1.807) is 0 Å². The largest absolute Gasteiger partial charge is 0.457 e. The number of hydrogen-bond acceptors (Lipinski definition) is 4. The molecule has 4 N–H and O–H groups in total. The van der Waals surface area contributed by atoms with Crippen LogP contribution >= 0.6 is 0 Å². The molecule has 0 bridgehead atoms. The maximum atomic E-state index is 6.19. The van der Waals surface area contributed by atoms with Gasteiger partial charge in [0, 0.05) is 28.9 Å². The standard InChI is InChI=1S/C51H70N2O2/c1-2-3-4-5-6-7-8-9-10-11-12-13-14-17-40-22-24-41(25-23-40)42-34-36-51(37-35-42,43-26-30-47(31-27-43)54-49-20-15-18-45(52)38-49)44-28-32-48(33-29-44)55-50-21-16-19-46(53)39-50/h15-16,18-21,26-33,38-42H,2-14,17,22-25,34-37,52-53H2,1H3/t40-,41+. The van der Waals surface area contributed by atoms with Gasteiger partial charge in [-0.2, -0.15) is 0 Å². The van der Waals surface area contributed by atoms with E-state index in [1.807, 2.05) is 48.5 Å². The molecule has 2 saturated carbocycles. The number of hydrogen-bond donors (Lipinski definition) is 2. The molecule has 0 saturated heterocycles. The van der Waals surface area contributed by atoms with Crippen molar-refractivity contribution in [1.29, 1.82) is 0 Å². The maximum Gasteiger partial charge on any atom is 0.129 e. The van der Waals surface area contributed by atoms with E-state index in [-0.39, 0.29) is 5.41 Å². The van der Waals surface area contributed by atoms with Gasteiger partial charge in [-0.3, -0.25) is 0 Å². The first-order valence-electron chi connectivity index (χ1n) is 22.3. The van der Waals surface area contributed by atoms with Gasteiger partial charge in [-0.25, -0.2) is 0 Å². The van der Waals surface area contributed by atoms with E-state index in [2.05, 4.69) is 55.5 Å². The van der Waals surface area contributed by atoms with Gasteiger partial charge in [0.2, 0.25) is 0 Å². The van der Waals surface area contributed by atoms with E-state index >= 15 is 0 Å². The van der Waals surface area contributed by atoms with Gasteiger partial charge in [0.15, 0.2) is 0 Å². The molecule has 2 aliphatic carbocycles. The first-order valence-corrected chi connectivity index (χ1v) is 22.3. The number of rotatable bonds is 21. The van der Waals surface area contributed by atoms with Crippen molar-refractivity contribution in [3.8, 4) is 23.0 Å². The molecular formula is C51H70N2O2. The predicted molar refractivity (Wildman–Crippen MR) is 233 cm³/mol. The summed E-state index contributed by atoms with van der Waals surface area (Å²) in [6, 6.07) is 33.0. The van der Waals surface area contributed by atoms with Crippen LogP contribution in [0.3, 0.4) is 0 Å². The lowest BCUT2D eigenvalue weighted by atomic mass is 9.60. The Balaban J connectivity index is 0.988. The van der Waals surface area contributed by atoms with Gasteiger partial charge in [-0.05, 0) is 116 Å². The molecule has 6 rings (SSSR count). The molecule has 0 atom stereocenters. The van der Waals surface area contributed by atoms with Crippen LogP contribution in [0.4, 0.5) is 11.4 Å². The lowest BCUT2D eigenvalue weighted by molar-refractivity contribution is 0.140. The molecule has 4 heteroatoms. The fraction of sp³-hybridized carbons (Fsp3) is 0.529. The van der Waals surface area contributed by atoms with E-state index in [0.29, 0.717) is 11.4 Å². The molecule has 0 spiro atoms. The molecular weight excluding hydrogens is 673 g/mol. The molecule has 0 unspecified atom stereocenters. The Labute approximate surface area is 333 Å². The molecule has 296 valence electrons. The summed E-state index contributed by atoms with van der Waals surface area (Å²) < 4.78 is 12.4. The van der Waals surface area contributed by atoms with Crippen LogP contribution in [0.1, 0.15) is 159 Å². The lowest BCUT2D eigenvalue weighted by Crippen LogP contribution is -2.35. The molecule has 0 aliphatic heterocycles. The smallest absolute Gasteiger partial charge is 0.129 e. The van der Waals surface area contributed by atoms with Crippen LogP contribution in [0, 0.1) is 17.8 Å². The van der Waals surface area contributed by atoms with Gasteiger partial charge in [-0.15, -0.1) is 0 Å². The Morgan fingerprint density at radius 2 is 0.891 bits per heavy atom. The quantitative estimate of drug-likeness (QED) is 0.0659. The monoisotopic (exact) mass is 743 g/mol. The average molecular weight is 743 g/mol. The second-order valence-electron chi connectivity index (χ2n) is 17.1. The zero-order chi connectivity index (χ0) is 38.1. The van der Waals surface area contributed by atoms with Crippen LogP contribution in [0.5, 0.6) is 23.0 Å². The summed E-state index contributed by atoms with van der Waals surface area (Å²) in [5.41, 5.74) is 16.1. The normalized spacial score (nSPS) is 18.6. The third-order valence-corrected chi connectivity index (χ3v) is 13.2. The number of benzene rings is 4. The highest BCUT2D eigenvalue weighted by atomic mass is 16.5. The van der Waals surface area contributed by atoms with Crippen molar-refractivity contribution in [1.82, 2.24) is 0 Å². The molecule has 2 aliphatic rings. The Morgan fingerprint density at radius 1 is 0.473 bits per heavy atom. The zero-order valence-electron chi connectivity index (χ0n) is 34.0. The van der Waals surface area contributed by atoms with Crippen molar-refractivity contribution < 1.29 is 9.47 Å². The molecule has 0 aromatic heterocycles. The first kappa shape index (κ1) is 40.7. The second-order valence-corrected chi connectivity index (χ2v) is 17.1. The van der Waals surface area contributed by atoms with E-state index in [4.69, 9.17) is 20.9 Å². The van der Waals surface area contributed by atoms with Gasteiger partial charge >= 0.3 is 0 Å². The van der Waals surface area contributed by atoms with Crippen molar-refractivity contribution in [2.24, 2.45) is 17.8 Å². The van der Waals surface area contributed by atoms with E-state index in [1.165, 1.54) is 152 Å². The number of ether oxygens (including phenoxy) is 2. The van der Waals surface area contributed by atoms with Crippen LogP contribution in [0.2, 0.25) is 0 Å². The highest BCUT2D eigenvalue weighted by Crippen LogP contribution is 2.51. The van der Waals surface area contributed by atoms with Gasteiger partial charge < -0.3 is 20.9 Å². The topological polar surface area (TPSA) is 70.5 Å². The van der Waals surface area contributed by atoms with Gasteiger partial charge in [0.25, 0.3) is 0 Å². The van der Waals surface area contributed by atoms with Crippen LogP contribution in [0.25, 0.3) is 0 Å². The Morgan fingerprint density at radius 3 is 1.33 bits per heavy atom. The molecule has 4 aromatic carbocycles. The van der Waals surface area contributed by atoms with Crippen LogP contribution in [0.15, 0.2) is 97.1 Å². The minimum Gasteiger partial charge on any atom is -0.457 e. The maximum absolute atomic E-state index is 6.19. The molecule has 4 aromatic rings. The Hall–Kier alpha value is -3.92. The van der Waals surface area contributed by atoms with Gasteiger partial charge in [0.1, 0.15) is 23.0 Å². The fourth-order valence-corrected chi connectivity index (χ4v) is 9.86. The summed E-state index contributed by atoms with van der Waals surface area (Å²) in [6.45, 7) is 2.30. The van der Waals surface area contributed by atoms with Gasteiger partial charge in [-0.1, -0.05) is 146 Å². The van der Waals surface area contributed by atoms with E-state index < -0.39 is 0 Å². The zero-order valence-corrected chi connectivity index (χ0v) is 34.0. The number of unbranched alkanes of at least 4 members (excludes halogenated alkanes) is 12. The molecule has 2 fully saturated rings. The third-order valence-electron chi connectivity index (χ3n) is 13.2. The van der Waals surface area contributed by atoms with E-state index in [0.717, 1.165) is 40.8 Å². The number of nitrogen functional groups attached to an aromatic ring is 2. The van der Waals surface area contributed by atoms with Crippen LogP contribution in [-0.2, 0) is 5.41 Å². The third kappa shape index (κ3) is 12.3. The van der Waals surface area contributed by atoms with Crippen molar-refractivity contribution in [3.05, 3.63) is 108 Å². The molecule has 55 heavy (non-hydrogen) atoms. The summed E-state index contributed by atoms with van der Waals surface area (Å²) >= 11 is 0. The lowest BCUT2D eigenvalue weighted by Gasteiger charge is -2.44. The van der Waals surface area contributed by atoms with Crippen molar-refractivity contribution >= 4 is 11.4 Å². The SMILES string of the molecule is CCCCCCCCCCCCCCC[C@H]1CC[C@@H](C2CCC(c3ccc(Oc4cccc(N)c4)cc3)(c3ccc(Oc4cccc(N)c4)cc3)CC2)CC1. The first-order chi connectivity index (χ1) is 27.0. The second kappa shape index (κ2) is 21.4. The van der Waals surface area contributed by atoms with Crippen LogP contribution in [-0.4, -0.2) is 0 Å². The molecule has 0 radical (unpaired) electrons. The Bertz CT molecular complexity index is 1570. The van der Waals surface area contributed by atoms with Gasteiger partial charge in [0.05, 0.1) is 0 Å². The molecule has 4 nitrogen and oxygen atoms in total. The van der Waals surface area contributed by atoms with Crippen molar-refractivity contribution in [2.75, 3.05) is 11.5 Å². The summed E-state index contributed by atoms with van der Waals surface area (Å²) in [4.78, 5) is 0. The fourth-order valence-electron chi connectivity index (χ4n) is 9.86. The molecule has 0 amide bonds. The summed E-state index contributed by atoms with van der Waals surface area (Å²) in [5, 5.41) is 0. The van der Waals surface area contributed by atoms with Crippen LogP contribution < -0.4 is 20.9 Å². The minimum absolute atomic E-state index is 0.0344. The van der Waals surface area contributed by atoms with E-state index in [9.17, 15) is 0 Å². The van der Waals surface area contributed by atoms with Crippen molar-refractivity contribution in [2.45, 2.75) is 154 Å². The summed E-state index contributed by atoms with van der Waals surface area (Å²) in [5.74, 6) is 5.88. The highest BCUT2D eigenvalue weighted by molar-refractivity contribution is 5.48. The number of nitrogens with two attached hydrogens (primary N) is 2. The Kier molecular flexibility index (Phi) is 15.8. The van der Waals surface area contributed by atoms with Crippen molar-refractivity contribution in [3.63, 3.8) is 0 Å². The molecule has 0 heterocycles. The predicted octanol–water partition coefficient (Wildman–Crippen LogP) is 15.2. The summed E-state index contributed by atoms with van der Waals surface area (Å²) in [7, 11) is 0.